The predicted molar refractivity (Wildman–Crippen MR) is 70.6 cm³/mol. The van der Waals surface area contributed by atoms with Crippen molar-refractivity contribution >= 4 is 17.7 Å². The van der Waals surface area contributed by atoms with Crippen LogP contribution in [0.1, 0.15) is 25.7 Å². The second kappa shape index (κ2) is 5.46. The highest BCUT2D eigenvalue weighted by Gasteiger charge is 2.38. The van der Waals surface area contributed by atoms with Gasteiger partial charge < -0.3 is 11.5 Å². The molecular weight excluding hydrogens is 270 g/mol. The van der Waals surface area contributed by atoms with Gasteiger partial charge in [-0.2, -0.15) is 0 Å². The molecule has 0 heterocycles. The van der Waals surface area contributed by atoms with Crippen molar-refractivity contribution in [1.82, 2.24) is 0 Å². The Morgan fingerprint density at radius 3 is 2.79 bits per heavy atom. The van der Waals surface area contributed by atoms with E-state index >= 15 is 0 Å². The second-order valence-corrected chi connectivity index (χ2v) is 6.27. The monoisotopic (exact) mass is 286 g/mol. The molecule has 0 aliphatic heterocycles. The largest absolute Gasteiger partial charge is 0.368 e. The lowest BCUT2D eigenvalue weighted by molar-refractivity contribution is -0.124. The van der Waals surface area contributed by atoms with Crippen molar-refractivity contribution in [3.05, 3.63) is 29.8 Å². The number of halogens is 2. The molecule has 0 bridgehead atoms. The van der Waals surface area contributed by atoms with Crippen LogP contribution in [0.5, 0.6) is 0 Å². The van der Waals surface area contributed by atoms with Gasteiger partial charge in [0, 0.05) is 16.2 Å². The summed E-state index contributed by atoms with van der Waals surface area (Å²) in [5, 5.41) is 0.0196. The van der Waals surface area contributed by atoms with Gasteiger partial charge in [-0.25, -0.2) is 8.78 Å². The van der Waals surface area contributed by atoms with E-state index in [-0.39, 0.29) is 5.25 Å². The number of rotatable bonds is 3. The molecule has 104 valence electrons. The van der Waals surface area contributed by atoms with Gasteiger partial charge in [0.25, 0.3) is 0 Å². The molecule has 0 radical (unpaired) electrons. The van der Waals surface area contributed by atoms with Gasteiger partial charge in [-0.05, 0) is 37.8 Å². The summed E-state index contributed by atoms with van der Waals surface area (Å²) in [6, 6.07) is 3.49. The highest BCUT2D eigenvalue weighted by atomic mass is 32.2. The summed E-state index contributed by atoms with van der Waals surface area (Å²) >= 11 is 1.29. The van der Waals surface area contributed by atoms with Crippen LogP contribution >= 0.6 is 11.8 Å². The van der Waals surface area contributed by atoms with E-state index in [1.807, 2.05) is 0 Å². The average Bonchev–Trinajstić information content (AvgIpc) is 2.33. The van der Waals surface area contributed by atoms with Crippen molar-refractivity contribution in [2.24, 2.45) is 11.5 Å². The van der Waals surface area contributed by atoms with E-state index in [4.69, 9.17) is 11.5 Å². The van der Waals surface area contributed by atoms with Crippen LogP contribution in [0, 0.1) is 11.6 Å². The highest BCUT2D eigenvalue weighted by Crippen LogP contribution is 2.38. The Balaban J connectivity index is 2.09. The Hall–Kier alpha value is -1.14. The molecule has 1 aliphatic carbocycles. The molecule has 1 amide bonds. The fraction of sp³-hybridized carbons (Fsp3) is 0.462. The molecule has 3 nitrogen and oxygen atoms in total. The Kier molecular flexibility index (Phi) is 4.10. The summed E-state index contributed by atoms with van der Waals surface area (Å²) in [5.41, 5.74) is 10.3. The molecule has 1 aromatic carbocycles. The lowest BCUT2D eigenvalue weighted by Crippen LogP contribution is -2.55. The normalized spacial score (nSPS) is 27.2. The molecular formula is C13H16F2N2OS. The average molecular weight is 286 g/mol. The van der Waals surface area contributed by atoms with E-state index in [1.54, 1.807) is 0 Å². The molecule has 2 rings (SSSR count). The molecule has 2 unspecified atom stereocenters. The molecule has 1 saturated carbocycles. The zero-order valence-electron chi connectivity index (χ0n) is 10.4. The second-order valence-electron chi connectivity index (χ2n) is 4.93. The van der Waals surface area contributed by atoms with Crippen LogP contribution in [0.4, 0.5) is 8.78 Å². The van der Waals surface area contributed by atoms with Gasteiger partial charge in [0.2, 0.25) is 5.91 Å². The van der Waals surface area contributed by atoms with Gasteiger partial charge in [-0.15, -0.1) is 11.8 Å². The molecule has 0 saturated heterocycles. The maximum atomic E-state index is 13.6. The lowest BCUT2D eigenvalue weighted by Gasteiger charge is -2.35. The van der Waals surface area contributed by atoms with Crippen LogP contribution in [0.15, 0.2) is 23.1 Å². The Morgan fingerprint density at radius 2 is 2.16 bits per heavy atom. The maximum Gasteiger partial charge on any atom is 0.237 e. The minimum absolute atomic E-state index is 0.0196. The van der Waals surface area contributed by atoms with E-state index < -0.39 is 23.1 Å². The fourth-order valence-corrected chi connectivity index (χ4v) is 3.67. The molecule has 1 aromatic rings. The third-order valence-electron chi connectivity index (χ3n) is 3.42. The van der Waals surface area contributed by atoms with Gasteiger partial charge in [0.05, 0.1) is 5.54 Å². The molecule has 4 N–H and O–H groups in total. The highest BCUT2D eigenvalue weighted by molar-refractivity contribution is 8.00. The van der Waals surface area contributed by atoms with Gasteiger partial charge in [0.1, 0.15) is 11.6 Å². The molecule has 0 aromatic heterocycles. The maximum absolute atomic E-state index is 13.6. The molecule has 6 heteroatoms. The van der Waals surface area contributed by atoms with Crippen molar-refractivity contribution in [1.29, 1.82) is 0 Å². The van der Waals surface area contributed by atoms with E-state index in [2.05, 4.69) is 0 Å². The zero-order chi connectivity index (χ0) is 14.0. The lowest BCUT2D eigenvalue weighted by atomic mass is 9.82. The van der Waals surface area contributed by atoms with Crippen LogP contribution in [0.3, 0.4) is 0 Å². The standard InChI is InChI=1S/C13H16F2N2OS/c14-8-3-4-11(10(15)6-8)19-9-2-1-5-13(17,7-9)12(16)18/h3-4,6,9H,1-2,5,7,17H2,(H2,16,18). The number of primary amides is 1. The number of amides is 1. The number of hydrogen-bond donors (Lipinski definition) is 2. The number of carbonyl (C=O) groups is 1. The minimum atomic E-state index is -1.01. The van der Waals surface area contributed by atoms with Crippen LogP contribution in [0.25, 0.3) is 0 Å². The van der Waals surface area contributed by atoms with Crippen molar-refractivity contribution in [3.63, 3.8) is 0 Å². The fourth-order valence-electron chi connectivity index (χ4n) is 2.33. The third kappa shape index (κ3) is 3.25. The van der Waals surface area contributed by atoms with E-state index in [0.717, 1.165) is 18.9 Å². The van der Waals surface area contributed by atoms with Gasteiger partial charge in [-0.1, -0.05) is 0 Å². The first-order chi connectivity index (χ1) is 8.90. The topological polar surface area (TPSA) is 69.1 Å². The third-order valence-corrected chi connectivity index (χ3v) is 4.74. The predicted octanol–water partition coefficient (Wildman–Crippen LogP) is 2.18. The van der Waals surface area contributed by atoms with Gasteiger partial charge in [-0.3, -0.25) is 4.79 Å². The van der Waals surface area contributed by atoms with E-state index in [0.29, 0.717) is 17.7 Å². The van der Waals surface area contributed by atoms with E-state index in [1.165, 1.54) is 23.9 Å². The van der Waals surface area contributed by atoms with Crippen molar-refractivity contribution in [3.8, 4) is 0 Å². The zero-order valence-corrected chi connectivity index (χ0v) is 11.2. The Labute approximate surface area is 114 Å². The van der Waals surface area contributed by atoms with Gasteiger partial charge >= 0.3 is 0 Å². The first-order valence-corrected chi connectivity index (χ1v) is 6.99. The van der Waals surface area contributed by atoms with Crippen LogP contribution < -0.4 is 11.5 Å². The molecule has 2 atom stereocenters. The number of nitrogens with two attached hydrogens (primary N) is 2. The Morgan fingerprint density at radius 1 is 1.42 bits per heavy atom. The summed E-state index contributed by atoms with van der Waals surface area (Å²) in [5.74, 6) is -1.70. The summed E-state index contributed by atoms with van der Waals surface area (Å²) in [4.78, 5) is 11.7. The summed E-state index contributed by atoms with van der Waals surface area (Å²) in [6.07, 6.45) is 2.60. The number of benzene rings is 1. The first-order valence-electron chi connectivity index (χ1n) is 6.11. The number of thioether (sulfide) groups is 1. The summed E-state index contributed by atoms with van der Waals surface area (Å²) in [7, 11) is 0. The van der Waals surface area contributed by atoms with Crippen LogP contribution in [-0.2, 0) is 4.79 Å². The minimum Gasteiger partial charge on any atom is -0.368 e. The van der Waals surface area contributed by atoms with Gasteiger partial charge in [0.15, 0.2) is 0 Å². The molecule has 0 spiro atoms. The van der Waals surface area contributed by atoms with Crippen LogP contribution in [-0.4, -0.2) is 16.7 Å². The molecule has 19 heavy (non-hydrogen) atoms. The van der Waals surface area contributed by atoms with Crippen molar-refractivity contribution in [2.45, 2.75) is 41.4 Å². The SMILES string of the molecule is NC(=O)C1(N)CCCC(Sc2ccc(F)cc2F)C1. The smallest absolute Gasteiger partial charge is 0.237 e. The number of hydrogen-bond acceptors (Lipinski definition) is 3. The summed E-state index contributed by atoms with van der Waals surface area (Å²) < 4.78 is 26.4. The molecule has 1 aliphatic rings. The number of carbonyl (C=O) groups excluding carboxylic acids is 1. The first kappa shape index (κ1) is 14.3. The Bertz CT molecular complexity index is 498. The van der Waals surface area contributed by atoms with Crippen LogP contribution in [0.2, 0.25) is 0 Å². The summed E-state index contributed by atoms with van der Waals surface area (Å²) in [6.45, 7) is 0. The molecule has 1 fully saturated rings. The van der Waals surface area contributed by atoms with Crippen molar-refractivity contribution in [2.75, 3.05) is 0 Å². The van der Waals surface area contributed by atoms with E-state index in [9.17, 15) is 13.6 Å². The quantitative estimate of drug-likeness (QED) is 0.895. The van der Waals surface area contributed by atoms with Crippen molar-refractivity contribution < 1.29 is 13.6 Å².